The SMILES string of the molecule is O=NC[C@H]1OC(=O)C(F)(F)[C@H]1N=O. The number of hydrogen-bond donors (Lipinski definition) is 0. The van der Waals surface area contributed by atoms with Crippen LogP contribution in [0.1, 0.15) is 0 Å². The van der Waals surface area contributed by atoms with E-state index in [-0.39, 0.29) is 0 Å². The summed E-state index contributed by atoms with van der Waals surface area (Å²) in [6, 6.07) is -2.15. The van der Waals surface area contributed by atoms with Gasteiger partial charge in [-0.3, -0.25) is 0 Å². The van der Waals surface area contributed by atoms with Crippen molar-refractivity contribution >= 4 is 5.97 Å². The van der Waals surface area contributed by atoms with E-state index in [2.05, 4.69) is 9.91 Å². The maximum Gasteiger partial charge on any atom is 0.380 e. The summed E-state index contributed by atoms with van der Waals surface area (Å²) in [5.74, 6) is -5.79. The predicted octanol–water partition coefficient (Wildman–Crippen LogP) is 0.448. The quantitative estimate of drug-likeness (QED) is 0.482. The number of carbonyl (C=O) groups is 1. The maximum absolute atomic E-state index is 12.7. The summed E-state index contributed by atoms with van der Waals surface area (Å²) in [5, 5.41) is 4.30. The van der Waals surface area contributed by atoms with Gasteiger partial charge >= 0.3 is 11.9 Å². The number of nitrogens with zero attached hydrogens (tertiary/aromatic N) is 2. The Bertz CT molecular complexity index is 257. The first kappa shape index (κ1) is 9.62. The third-order valence-electron chi connectivity index (χ3n) is 1.62. The van der Waals surface area contributed by atoms with Gasteiger partial charge in [0.2, 0.25) is 6.04 Å². The van der Waals surface area contributed by atoms with Crippen LogP contribution in [0, 0.1) is 9.81 Å². The zero-order valence-corrected chi connectivity index (χ0v) is 6.15. The molecule has 6 nitrogen and oxygen atoms in total. The normalized spacial score (nSPS) is 31.1. The topological polar surface area (TPSA) is 85.2 Å². The standard InChI is InChI=1S/C5H4F2N2O4/c6-5(7)3(9-12)2(1-8-11)13-4(5)10/h2-3H,1H2/t2-,3+/m1/s1. The van der Waals surface area contributed by atoms with Crippen LogP contribution in [0.25, 0.3) is 0 Å². The fraction of sp³-hybridized carbons (Fsp3) is 0.800. The number of cyclic esters (lactones) is 1. The first-order chi connectivity index (χ1) is 6.04. The monoisotopic (exact) mass is 194 g/mol. The molecule has 0 bridgehead atoms. The molecule has 0 aromatic rings. The summed E-state index contributed by atoms with van der Waals surface area (Å²) in [6.45, 7) is -0.697. The van der Waals surface area contributed by atoms with Crippen LogP contribution in [0.5, 0.6) is 0 Å². The molecule has 0 unspecified atom stereocenters. The highest BCUT2D eigenvalue weighted by molar-refractivity contribution is 5.81. The van der Waals surface area contributed by atoms with Crippen molar-refractivity contribution in [2.75, 3.05) is 6.54 Å². The lowest BCUT2D eigenvalue weighted by Gasteiger charge is -2.08. The van der Waals surface area contributed by atoms with E-state index in [9.17, 15) is 23.4 Å². The number of nitroso groups, excluding NO2 is 2. The van der Waals surface area contributed by atoms with E-state index >= 15 is 0 Å². The first-order valence-electron chi connectivity index (χ1n) is 3.24. The zero-order chi connectivity index (χ0) is 10.1. The van der Waals surface area contributed by atoms with E-state index in [1.165, 1.54) is 0 Å². The molecule has 1 saturated heterocycles. The largest absolute Gasteiger partial charge is 0.453 e. The minimum Gasteiger partial charge on any atom is -0.453 e. The van der Waals surface area contributed by atoms with E-state index in [1.807, 2.05) is 5.18 Å². The molecule has 1 rings (SSSR count). The van der Waals surface area contributed by atoms with E-state index < -0.39 is 30.6 Å². The molecule has 1 fully saturated rings. The molecule has 13 heavy (non-hydrogen) atoms. The molecule has 0 amide bonds. The molecule has 72 valence electrons. The minimum absolute atomic E-state index is 0.697. The fourth-order valence-electron chi connectivity index (χ4n) is 0.979. The maximum atomic E-state index is 12.7. The molecule has 0 aliphatic carbocycles. The van der Waals surface area contributed by atoms with Crippen LogP contribution in [0.4, 0.5) is 8.78 Å². The van der Waals surface area contributed by atoms with Gasteiger partial charge in [0.25, 0.3) is 0 Å². The Hall–Kier alpha value is -1.47. The molecular weight excluding hydrogens is 190 g/mol. The van der Waals surface area contributed by atoms with Gasteiger partial charge in [0.15, 0.2) is 6.10 Å². The second kappa shape index (κ2) is 3.11. The summed E-state index contributed by atoms with van der Waals surface area (Å²) in [5.41, 5.74) is 0. The van der Waals surface area contributed by atoms with Crippen molar-refractivity contribution in [1.29, 1.82) is 0 Å². The summed E-state index contributed by atoms with van der Waals surface area (Å²) in [4.78, 5) is 30.1. The highest BCUT2D eigenvalue weighted by Gasteiger charge is 2.61. The molecule has 2 atom stereocenters. The minimum atomic E-state index is -3.95. The van der Waals surface area contributed by atoms with Crippen molar-refractivity contribution in [3.05, 3.63) is 9.81 Å². The molecule has 1 heterocycles. The van der Waals surface area contributed by atoms with Crippen molar-refractivity contribution in [2.24, 2.45) is 10.4 Å². The molecular formula is C5H4F2N2O4. The number of esters is 1. The van der Waals surface area contributed by atoms with Crippen LogP contribution in [0.15, 0.2) is 10.4 Å². The Kier molecular flexibility index (Phi) is 2.30. The Balaban J connectivity index is 2.87. The highest BCUT2D eigenvalue weighted by atomic mass is 19.3. The average molecular weight is 194 g/mol. The zero-order valence-electron chi connectivity index (χ0n) is 6.15. The number of hydrogen-bond acceptors (Lipinski definition) is 6. The second-order valence-corrected chi connectivity index (χ2v) is 2.43. The van der Waals surface area contributed by atoms with Crippen molar-refractivity contribution in [3.63, 3.8) is 0 Å². The lowest BCUT2D eigenvalue weighted by Crippen LogP contribution is -2.37. The number of rotatable bonds is 3. The van der Waals surface area contributed by atoms with Crippen LogP contribution < -0.4 is 0 Å². The molecule has 8 heteroatoms. The van der Waals surface area contributed by atoms with Gasteiger partial charge in [0, 0.05) is 0 Å². The van der Waals surface area contributed by atoms with E-state index in [1.54, 1.807) is 0 Å². The molecule has 0 N–H and O–H groups in total. The van der Waals surface area contributed by atoms with Crippen molar-refractivity contribution in [3.8, 4) is 0 Å². The Labute approximate surface area is 70.2 Å². The van der Waals surface area contributed by atoms with Gasteiger partial charge in [-0.05, 0) is 0 Å². The van der Waals surface area contributed by atoms with Gasteiger partial charge in [-0.25, -0.2) is 4.79 Å². The van der Waals surface area contributed by atoms with Crippen molar-refractivity contribution in [1.82, 2.24) is 0 Å². The van der Waals surface area contributed by atoms with Crippen molar-refractivity contribution < 1.29 is 18.3 Å². The van der Waals surface area contributed by atoms with Crippen LogP contribution >= 0.6 is 0 Å². The van der Waals surface area contributed by atoms with E-state index in [0.717, 1.165) is 0 Å². The predicted molar refractivity (Wildman–Crippen MR) is 35.1 cm³/mol. The number of halogens is 2. The number of carbonyl (C=O) groups excluding carboxylic acids is 1. The Morgan fingerprint density at radius 1 is 1.46 bits per heavy atom. The molecule has 1 aliphatic rings. The Morgan fingerprint density at radius 2 is 2.08 bits per heavy atom. The summed E-state index contributed by atoms with van der Waals surface area (Å²) in [6.07, 6.45) is -1.54. The third kappa shape index (κ3) is 1.38. The summed E-state index contributed by atoms with van der Waals surface area (Å²) >= 11 is 0. The average Bonchev–Trinajstić information content (AvgIpc) is 2.24. The fourth-order valence-corrected chi connectivity index (χ4v) is 0.979. The smallest absolute Gasteiger partial charge is 0.380 e. The number of ether oxygens (including phenoxy) is 1. The highest BCUT2D eigenvalue weighted by Crippen LogP contribution is 2.33. The van der Waals surface area contributed by atoms with Gasteiger partial charge in [-0.15, -0.1) is 0 Å². The van der Waals surface area contributed by atoms with E-state index in [4.69, 9.17) is 0 Å². The third-order valence-corrected chi connectivity index (χ3v) is 1.62. The van der Waals surface area contributed by atoms with Crippen LogP contribution in [-0.4, -0.2) is 30.6 Å². The first-order valence-corrected chi connectivity index (χ1v) is 3.24. The van der Waals surface area contributed by atoms with Crippen LogP contribution in [-0.2, 0) is 9.53 Å². The molecule has 0 radical (unpaired) electrons. The summed E-state index contributed by atoms with van der Waals surface area (Å²) in [7, 11) is 0. The van der Waals surface area contributed by atoms with Gasteiger partial charge in [-0.2, -0.15) is 18.6 Å². The number of alkyl halides is 2. The molecule has 0 spiro atoms. The second-order valence-electron chi connectivity index (χ2n) is 2.43. The molecule has 0 aromatic heterocycles. The van der Waals surface area contributed by atoms with Crippen LogP contribution in [0.3, 0.4) is 0 Å². The van der Waals surface area contributed by atoms with Crippen LogP contribution in [0.2, 0.25) is 0 Å². The lowest BCUT2D eigenvalue weighted by molar-refractivity contribution is -0.159. The van der Waals surface area contributed by atoms with Gasteiger partial charge in [-0.1, -0.05) is 10.4 Å². The molecule has 1 aliphatic heterocycles. The summed E-state index contributed by atoms with van der Waals surface area (Å²) < 4.78 is 29.4. The van der Waals surface area contributed by atoms with Gasteiger partial charge < -0.3 is 4.74 Å². The molecule has 0 aromatic carbocycles. The Morgan fingerprint density at radius 3 is 2.54 bits per heavy atom. The van der Waals surface area contributed by atoms with E-state index in [0.29, 0.717) is 0 Å². The lowest BCUT2D eigenvalue weighted by atomic mass is 10.1. The van der Waals surface area contributed by atoms with Crippen molar-refractivity contribution in [2.45, 2.75) is 18.1 Å². The van der Waals surface area contributed by atoms with Gasteiger partial charge in [0.05, 0.1) is 0 Å². The molecule has 0 saturated carbocycles. The van der Waals surface area contributed by atoms with Gasteiger partial charge in [0.1, 0.15) is 6.54 Å².